The van der Waals surface area contributed by atoms with Gasteiger partial charge in [-0.25, -0.2) is 0 Å². The molecule has 7 rings (SSSR count). The molecule has 3 aromatic carbocycles. The van der Waals surface area contributed by atoms with Crippen molar-refractivity contribution in [3.05, 3.63) is 80.9 Å². The number of nitro groups is 2. The summed E-state index contributed by atoms with van der Waals surface area (Å²) < 4.78 is 102. The molecule has 22 heteroatoms. The molecule has 1 aliphatic heterocycles. The summed E-state index contributed by atoms with van der Waals surface area (Å²) in [4.78, 5) is 23.4. The Bertz CT molecular complexity index is 2290. The zero-order chi connectivity index (χ0) is 35.5. The topological polar surface area (TPSA) is 155 Å². The first-order valence-electron chi connectivity index (χ1n) is 13.4. The van der Waals surface area contributed by atoms with E-state index in [1.807, 2.05) is 0 Å². The van der Waals surface area contributed by atoms with Crippen LogP contribution >= 0.6 is 34.4 Å². The number of thiophene rings is 2. The minimum atomic E-state index is -5.12. The van der Waals surface area contributed by atoms with Gasteiger partial charge in [0.15, 0.2) is 0 Å². The van der Waals surface area contributed by atoms with E-state index in [9.17, 15) is 46.6 Å². The lowest BCUT2D eigenvalue weighted by atomic mass is 10.0. The number of nitro benzene ring substituents is 2. The van der Waals surface area contributed by atoms with E-state index in [0.29, 0.717) is 53.0 Å². The maximum atomic E-state index is 12.8. The van der Waals surface area contributed by atoms with Crippen molar-refractivity contribution >= 4 is 79.5 Å². The summed E-state index contributed by atoms with van der Waals surface area (Å²) in [6.07, 6.45) is -10.2. The number of nitrogens with zero attached hydrogens (tertiary/aromatic N) is 6. The first-order chi connectivity index (χ1) is 23.7. The lowest BCUT2D eigenvalue weighted by Crippen LogP contribution is -2.17. The Labute approximate surface area is 288 Å². The van der Waals surface area contributed by atoms with Crippen LogP contribution in [0, 0.1) is 20.2 Å². The van der Waals surface area contributed by atoms with Crippen LogP contribution in [-0.4, -0.2) is 31.3 Å². The van der Waals surface area contributed by atoms with E-state index in [4.69, 9.17) is 0 Å². The van der Waals surface area contributed by atoms with Gasteiger partial charge < -0.3 is 9.47 Å². The number of benzene rings is 3. The minimum Gasteiger partial charge on any atom is -0.398 e. The van der Waals surface area contributed by atoms with E-state index in [-0.39, 0.29) is 11.1 Å². The van der Waals surface area contributed by atoms with E-state index in [1.54, 1.807) is 24.3 Å². The van der Waals surface area contributed by atoms with Gasteiger partial charge in [0.2, 0.25) is 11.5 Å². The predicted octanol–water partition coefficient (Wildman–Crippen LogP) is 10.8. The highest BCUT2D eigenvalue weighted by atomic mass is 32.1. The summed E-state index contributed by atoms with van der Waals surface area (Å²) in [7, 11) is 0. The van der Waals surface area contributed by atoms with E-state index < -0.39 is 45.4 Å². The van der Waals surface area contributed by atoms with E-state index >= 15 is 0 Å². The second-order valence-electron chi connectivity index (χ2n) is 9.98. The molecule has 12 nitrogen and oxygen atoms in total. The number of alkyl halides is 6. The smallest absolute Gasteiger partial charge is 0.398 e. The van der Waals surface area contributed by atoms with Gasteiger partial charge in [0.05, 0.1) is 32.9 Å². The van der Waals surface area contributed by atoms with Gasteiger partial charge in [0.25, 0.3) is 0 Å². The molecule has 0 bridgehead atoms. The van der Waals surface area contributed by atoms with E-state index in [2.05, 4.69) is 26.9 Å². The molecule has 0 N–H and O–H groups in total. The number of aromatic nitrogens is 2. The van der Waals surface area contributed by atoms with Crippen LogP contribution < -0.4 is 9.47 Å². The maximum Gasteiger partial charge on any atom is 0.573 e. The predicted molar refractivity (Wildman–Crippen MR) is 173 cm³/mol. The van der Waals surface area contributed by atoms with Crippen LogP contribution in [0.1, 0.15) is 0 Å². The van der Waals surface area contributed by atoms with Gasteiger partial charge in [-0.1, -0.05) is 0 Å². The van der Waals surface area contributed by atoms with Crippen LogP contribution in [0.5, 0.6) is 11.5 Å². The normalized spacial score (nSPS) is 12.6. The molecular formula is C28H10F6N6O6S4. The lowest BCUT2D eigenvalue weighted by molar-refractivity contribution is -0.388. The molecule has 254 valence electrons. The molecule has 0 radical (unpaired) electrons. The monoisotopic (exact) mass is 768 g/mol. The molecule has 3 aromatic heterocycles. The summed E-state index contributed by atoms with van der Waals surface area (Å²) in [5, 5.41) is 23.1. The molecule has 0 saturated heterocycles. The number of fused-ring (bicyclic) bond motifs is 2. The summed E-state index contributed by atoms with van der Waals surface area (Å²) in [5.41, 5.74) is 1.67. The Morgan fingerprint density at radius 3 is 1.38 bits per heavy atom. The third-order valence-corrected chi connectivity index (χ3v) is 10.3. The van der Waals surface area contributed by atoms with E-state index in [1.165, 1.54) is 34.8 Å². The standard InChI is InChI=1S/C28H10F6N6O6S4/c29-27(30,31)45-15-3-1-11(9-13(15)39(41)42)17-5-7-19(47-17)21-23-25(37-49-35-23)22(26-24(21)36-50-38-26)20-8-6-18(48-20)12-2-4-16(46-28(32,33)34)14(10-12)40(43)44/h1-10H. The van der Waals surface area contributed by atoms with Crippen LogP contribution in [0.4, 0.5) is 49.1 Å². The Hall–Kier alpha value is -5.32. The van der Waals surface area contributed by atoms with Gasteiger partial charge in [-0.15, -0.1) is 49.0 Å². The summed E-state index contributed by atoms with van der Waals surface area (Å²) in [6.45, 7) is 0. The fourth-order valence-corrected chi connectivity index (χ4v) is 8.25. The van der Waals surface area contributed by atoms with Crippen molar-refractivity contribution < 1.29 is 45.7 Å². The van der Waals surface area contributed by atoms with Crippen LogP contribution in [0.3, 0.4) is 0 Å². The fourth-order valence-electron chi connectivity index (χ4n) is 5.03. The molecule has 50 heavy (non-hydrogen) atoms. The van der Waals surface area contributed by atoms with Crippen molar-refractivity contribution in [1.82, 2.24) is 8.75 Å². The van der Waals surface area contributed by atoms with Crippen molar-refractivity contribution in [2.75, 3.05) is 0 Å². The number of ether oxygens (including phenoxy) is 2. The number of rotatable bonds is 8. The number of hydrogen-bond donors (Lipinski definition) is 0. The highest BCUT2D eigenvalue weighted by Crippen LogP contribution is 2.55. The molecule has 0 fully saturated rings. The first kappa shape index (κ1) is 33.2. The van der Waals surface area contributed by atoms with Crippen molar-refractivity contribution in [2.45, 2.75) is 12.7 Å². The van der Waals surface area contributed by atoms with E-state index in [0.717, 1.165) is 47.3 Å². The lowest BCUT2D eigenvalue weighted by Gasteiger charge is -2.10. The van der Waals surface area contributed by atoms with Gasteiger partial charge in [-0.3, -0.25) is 20.2 Å². The minimum absolute atomic E-state index is 0.267. The molecule has 1 aliphatic rings. The zero-order valence-corrected chi connectivity index (χ0v) is 27.1. The number of hydrogen-bond acceptors (Lipinski definition) is 13. The van der Waals surface area contributed by atoms with Crippen molar-refractivity contribution in [1.29, 1.82) is 0 Å². The van der Waals surface area contributed by atoms with Gasteiger partial charge in [0.1, 0.15) is 22.4 Å². The zero-order valence-electron chi connectivity index (χ0n) is 23.8. The average Bonchev–Trinajstić information content (AvgIpc) is 3.86. The molecule has 0 saturated carbocycles. The van der Waals surface area contributed by atoms with Crippen LogP contribution in [0.25, 0.3) is 52.8 Å². The Morgan fingerprint density at radius 1 is 0.600 bits per heavy atom. The van der Waals surface area contributed by atoms with Crippen molar-refractivity contribution in [3.8, 4) is 53.3 Å². The summed E-state index contributed by atoms with van der Waals surface area (Å²) >= 11 is 4.18. The number of halogens is 6. The molecule has 0 amide bonds. The Morgan fingerprint density at radius 2 is 1.00 bits per heavy atom. The Kier molecular flexibility index (Phi) is 8.11. The second kappa shape index (κ2) is 12.2. The largest absolute Gasteiger partial charge is 0.573 e. The van der Waals surface area contributed by atoms with Crippen LogP contribution in [0.2, 0.25) is 0 Å². The average molecular weight is 769 g/mol. The maximum absolute atomic E-state index is 12.8. The van der Waals surface area contributed by atoms with Crippen molar-refractivity contribution in [3.63, 3.8) is 0 Å². The highest BCUT2D eigenvalue weighted by molar-refractivity contribution is 7.58. The van der Waals surface area contributed by atoms with Crippen molar-refractivity contribution in [2.24, 2.45) is 8.73 Å². The fraction of sp³-hybridized carbons (Fsp3) is 0.0714. The quantitative estimate of drug-likeness (QED) is 0.0840. The van der Waals surface area contributed by atoms with Gasteiger partial charge in [-0.2, -0.15) is 17.5 Å². The first-order valence-corrected chi connectivity index (χ1v) is 16.5. The van der Waals surface area contributed by atoms with Gasteiger partial charge in [0, 0.05) is 42.8 Å². The highest BCUT2D eigenvalue weighted by Gasteiger charge is 2.36. The van der Waals surface area contributed by atoms with Gasteiger partial charge >= 0.3 is 24.1 Å². The molecule has 0 unspecified atom stereocenters. The molecule has 0 aliphatic carbocycles. The summed E-state index contributed by atoms with van der Waals surface area (Å²) in [5.74, 6) is -1.90. The molecule has 0 spiro atoms. The third kappa shape index (κ3) is 6.28. The Balaban J connectivity index is 1.28. The molecular weight excluding hydrogens is 759 g/mol. The SMILES string of the molecule is O=[N+]([O-])c1cc(-c2ccc(-c3c4c(c(-c5ccc(-c6ccc(OC(F)(F)F)c([N+](=O)[O-])c6)s5)c5nsnc35)N=S=N4)s2)ccc1OC(F)(F)F. The molecule has 4 heterocycles. The van der Waals surface area contributed by atoms with Crippen LogP contribution in [0.15, 0.2) is 69.4 Å². The third-order valence-electron chi connectivity index (χ3n) is 6.96. The summed E-state index contributed by atoms with van der Waals surface area (Å²) in [6, 6.07) is 13.0. The second-order valence-corrected chi connectivity index (χ2v) is 13.2. The van der Waals surface area contributed by atoms with Gasteiger partial charge in [-0.05, 0) is 59.7 Å². The molecule has 6 aromatic rings. The molecule has 0 atom stereocenters. The van der Waals surface area contributed by atoms with Crippen LogP contribution in [-0.2, 0) is 11.4 Å².